The molecule has 0 aliphatic rings. The van der Waals surface area contributed by atoms with Gasteiger partial charge < -0.3 is 15.0 Å². The fraction of sp³-hybridized carbons (Fsp3) is 0.355. The van der Waals surface area contributed by atoms with E-state index in [0.29, 0.717) is 12.2 Å². The van der Waals surface area contributed by atoms with Crippen molar-refractivity contribution in [3.8, 4) is 5.75 Å². The number of anilines is 1. The Morgan fingerprint density at radius 3 is 2.05 bits per heavy atom. The van der Waals surface area contributed by atoms with Crippen LogP contribution in [0.2, 0.25) is 5.02 Å². The summed E-state index contributed by atoms with van der Waals surface area (Å²) in [4.78, 5) is 28.8. The van der Waals surface area contributed by atoms with Crippen molar-refractivity contribution in [2.24, 2.45) is 0 Å². The molecular weight excluding hydrogens is 562 g/mol. The van der Waals surface area contributed by atoms with Gasteiger partial charge in [-0.2, -0.15) is 0 Å². The second-order valence-electron chi connectivity index (χ2n) is 10.2. The lowest BCUT2D eigenvalue weighted by molar-refractivity contribution is -0.140. The number of hydrogen-bond acceptors (Lipinski definition) is 5. The molecule has 1 atom stereocenters. The van der Waals surface area contributed by atoms with Gasteiger partial charge in [0, 0.05) is 12.6 Å². The molecule has 220 valence electrons. The Labute approximate surface area is 248 Å². The third kappa shape index (κ3) is 8.01. The number of rotatable bonds is 12. The molecule has 8 nitrogen and oxygen atoms in total. The summed E-state index contributed by atoms with van der Waals surface area (Å²) >= 11 is 6.38. The maximum absolute atomic E-state index is 14.1. The Morgan fingerprint density at radius 1 is 0.951 bits per heavy atom. The van der Waals surface area contributed by atoms with E-state index in [9.17, 15) is 18.0 Å². The van der Waals surface area contributed by atoms with Gasteiger partial charge in [-0.15, -0.1) is 0 Å². The first-order valence-electron chi connectivity index (χ1n) is 13.5. The molecule has 10 heteroatoms. The Kier molecular flexibility index (Phi) is 10.8. The molecule has 1 N–H and O–H groups in total. The Hall–Kier alpha value is -3.56. The number of halogens is 1. The topological polar surface area (TPSA) is 96.0 Å². The molecule has 2 amide bonds. The third-order valence-electron chi connectivity index (χ3n) is 6.60. The van der Waals surface area contributed by atoms with Gasteiger partial charge >= 0.3 is 0 Å². The summed E-state index contributed by atoms with van der Waals surface area (Å²) in [5.74, 6) is -0.464. The van der Waals surface area contributed by atoms with Crippen molar-refractivity contribution in [2.75, 3.05) is 18.0 Å². The van der Waals surface area contributed by atoms with Gasteiger partial charge in [-0.05, 0) is 70.0 Å². The highest BCUT2D eigenvalue weighted by molar-refractivity contribution is 7.92. The second kappa shape index (κ2) is 13.9. The highest BCUT2D eigenvalue weighted by Crippen LogP contribution is 2.32. The lowest BCUT2D eigenvalue weighted by atomic mass is 10.1. The van der Waals surface area contributed by atoms with E-state index in [-0.39, 0.29) is 34.1 Å². The zero-order chi connectivity index (χ0) is 30.3. The SMILES string of the molecule is CC[C@H](C(=O)NC(C)C)N(Cc1ccc(C)cc1)C(=O)CN(c1ccc(OC)c(Cl)c1)S(=O)(=O)c1ccc(C)cc1. The van der Waals surface area contributed by atoms with E-state index in [4.69, 9.17) is 16.3 Å². The lowest BCUT2D eigenvalue weighted by Crippen LogP contribution is -2.53. The molecule has 0 aliphatic heterocycles. The fourth-order valence-corrected chi connectivity index (χ4v) is 6.02. The number of nitrogens with one attached hydrogen (secondary N) is 1. The predicted octanol–water partition coefficient (Wildman–Crippen LogP) is 5.49. The zero-order valence-electron chi connectivity index (χ0n) is 24.3. The maximum Gasteiger partial charge on any atom is 0.264 e. The normalized spacial score (nSPS) is 12.1. The van der Waals surface area contributed by atoms with Crippen LogP contribution in [0.1, 0.15) is 43.9 Å². The molecule has 0 saturated heterocycles. The first-order chi connectivity index (χ1) is 19.4. The summed E-state index contributed by atoms with van der Waals surface area (Å²) in [5.41, 5.74) is 2.97. The number of nitrogens with zero attached hydrogens (tertiary/aromatic N) is 2. The molecule has 3 rings (SSSR count). The predicted molar refractivity (Wildman–Crippen MR) is 163 cm³/mol. The summed E-state index contributed by atoms with van der Waals surface area (Å²) in [6, 6.07) is 17.6. The molecule has 3 aromatic carbocycles. The van der Waals surface area contributed by atoms with Crippen LogP contribution < -0.4 is 14.4 Å². The molecule has 3 aromatic rings. The quantitative estimate of drug-likeness (QED) is 0.297. The van der Waals surface area contributed by atoms with Crippen molar-refractivity contribution in [3.05, 3.63) is 88.4 Å². The third-order valence-corrected chi connectivity index (χ3v) is 8.69. The van der Waals surface area contributed by atoms with Crippen molar-refractivity contribution in [2.45, 2.75) is 64.6 Å². The van der Waals surface area contributed by atoms with Gasteiger partial charge in [0.1, 0.15) is 18.3 Å². The van der Waals surface area contributed by atoms with E-state index in [1.807, 2.05) is 58.9 Å². The number of carbonyl (C=O) groups is 2. The van der Waals surface area contributed by atoms with Crippen LogP contribution >= 0.6 is 11.6 Å². The van der Waals surface area contributed by atoms with Gasteiger partial charge in [-0.3, -0.25) is 13.9 Å². The van der Waals surface area contributed by atoms with Crippen LogP contribution in [0.15, 0.2) is 71.6 Å². The molecule has 0 spiro atoms. The van der Waals surface area contributed by atoms with Crippen LogP contribution in [0.5, 0.6) is 5.75 Å². The van der Waals surface area contributed by atoms with Crippen molar-refractivity contribution in [1.82, 2.24) is 10.2 Å². The molecule has 0 heterocycles. The van der Waals surface area contributed by atoms with Crippen molar-refractivity contribution >= 4 is 39.1 Å². The van der Waals surface area contributed by atoms with E-state index >= 15 is 0 Å². The van der Waals surface area contributed by atoms with Crippen LogP contribution in [0, 0.1) is 13.8 Å². The molecule has 41 heavy (non-hydrogen) atoms. The molecule has 0 bridgehead atoms. The largest absolute Gasteiger partial charge is 0.495 e. The van der Waals surface area contributed by atoms with Crippen LogP contribution in [0.25, 0.3) is 0 Å². The Balaban J connectivity index is 2.09. The number of benzene rings is 3. The molecular formula is C31H38ClN3O5S. The van der Waals surface area contributed by atoms with Crippen molar-refractivity contribution < 1.29 is 22.7 Å². The van der Waals surface area contributed by atoms with Gasteiger partial charge in [0.05, 0.1) is 22.7 Å². The summed E-state index contributed by atoms with van der Waals surface area (Å²) in [6.07, 6.45) is 0.342. The van der Waals surface area contributed by atoms with Gasteiger partial charge in [0.25, 0.3) is 10.0 Å². The average molecular weight is 600 g/mol. The van der Waals surface area contributed by atoms with Gasteiger partial charge in [-0.25, -0.2) is 8.42 Å². The molecule has 0 unspecified atom stereocenters. The van der Waals surface area contributed by atoms with Crippen LogP contribution in [-0.2, 0) is 26.2 Å². The number of ether oxygens (including phenoxy) is 1. The number of aryl methyl sites for hydroxylation is 2. The number of methoxy groups -OCH3 is 1. The van der Waals surface area contributed by atoms with Crippen LogP contribution in [0.4, 0.5) is 5.69 Å². The zero-order valence-corrected chi connectivity index (χ0v) is 25.9. The second-order valence-corrected chi connectivity index (χ2v) is 12.5. The summed E-state index contributed by atoms with van der Waals surface area (Å²) in [7, 11) is -2.74. The first-order valence-corrected chi connectivity index (χ1v) is 15.3. The molecule has 0 saturated carbocycles. The lowest BCUT2D eigenvalue weighted by Gasteiger charge is -2.33. The minimum absolute atomic E-state index is 0.0255. The Bertz CT molecular complexity index is 1460. The molecule has 0 aromatic heterocycles. The summed E-state index contributed by atoms with van der Waals surface area (Å²) in [5, 5.41) is 3.09. The smallest absolute Gasteiger partial charge is 0.264 e. The summed E-state index contributed by atoms with van der Waals surface area (Å²) < 4.78 is 34.2. The highest BCUT2D eigenvalue weighted by atomic mass is 35.5. The van der Waals surface area contributed by atoms with E-state index in [1.54, 1.807) is 18.2 Å². The maximum atomic E-state index is 14.1. The van der Waals surface area contributed by atoms with E-state index in [2.05, 4.69) is 5.32 Å². The van der Waals surface area contributed by atoms with E-state index < -0.39 is 28.5 Å². The number of carbonyl (C=O) groups excluding carboxylic acids is 2. The van der Waals surface area contributed by atoms with Crippen LogP contribution in [-0.4, -0.2) is 50.9 Å². The standard InChI is InChI=1S/C31H38ClN3O5S/c1-7-28(31(37)33-21(2)3)34(19-24-12-8-22(4)9-13-24)30(36)20-35(25-14-17-29(40-6)27(32)18-25)41(38,39)26-15-10-23(5)11-16-26/h8-18,21,28H,7,19-20H2,1-6H3,(H,33,37)/t28-/m1/s1. The van der Waals surface area contributed by atoms with E-state index in [0.717, 1.165) is 21.0 Å². The average Bonchev–Trinajstić information content (AvgIpc) is 2.92. The molecule has 0 radical (unpaired) electrons. The van der Waals surface area contributed by atoms with Gasteiger partial charge in [0.15, 0.2) is 0 Å². The minimum atomic E-state index is -4.20. The van der Waals surface area contributed by atoms with Crippen LogP contribution in [0.3, 0.4) is 0 Å². The van der Waals surface area contributed by atoms with Gasteiger partial charge in [-0.1, -0.05) is 66.0 Å². The van der Waals surface area contributed by atoms with Crippen molar-refractivity contribution in [1.29, 1.82) is 0 Å². The van der Waals surface area contributed by atoms with Gasteiger partial charge in [0.2, 0.25) is 11.8 Å². The molecule has 0 aliphatic carbocycles. The number of sulfonamides is 1. The monoisotopic (exact) mass is 599 g/mol. The Morgan fingerprint density at radius 2 is 1.54 bits per heavy atom. The summed E-state index contributed by atoms with van der Waals surface area (Å²) in [6.45, 7) is 8.92. The number of hydrogen-bond donors (Lipinski definition) is 1. The fourth-order valence-electron chi connectivity index (χ4n) is 4.37. The van der Waals surface area contributed by atoms with Crippen molar-refractivity contribution in [3.63, 3.8) is 0 Å². The highest BCUT2D eigenvalue weighted by Gasteiger charge is 2.34. The molecule has 0 fully saturated rings. The minimum Gasteiger partial charge on any atom is -0.495 e. The number of amides is 2. The van der Waals surface area contributed by atoms with E-state index in [1.165, 1.54) is 36.3 Å². The first kappa shape index (κ1) is 32.0.